The molecule has 0 heterocycles. The van der Waals surface area contributed by atoms with E-state index in [2.05, 4.69) is 20.9 Å². The van der Waals surface area contributed by atoms with Gasteiger partial charge in [-0.1, -0.05) is 0 Å². The topological polar surface area (TPSA) is 344 Å². The number of hydrogen-bond acceptors (Lipinski definition) is 9. The van der Waals surface area contributed by atoms with Gasteiger partial charge >= 0.3 is 5.97 Å². The van der Waals surface area contributed by atoms with Crippen LogP contribution < -0.4 is 50.4 Å². The molecule has 0 radical (unpaired) electrons. The Morgan fingerprint density at radius 3 is 1.66 bits per heavy atom. The smallest absolute Gasteiger partial charge is 0.326 e. The largest absolute Gasteiger partial charge is 0.480 e. The average molecular weight is 545 g/mol. The minimum Gasteiger partial charge on any atom is -0.480 e. The van der Waals surface area contributed by atoms with Crippen LogP contribution in [0.5, 0.6) is 0 Å². The van der Waals surface area contributed by atoms with Crippen molar-refractivity contribution in [3.63, 3.8) is 0 Å². The number of primary amides is 3. The van der Waals surface area contributed by atoms with Gasteiger partial charge in [0.2, 0.25) is 35.4 Å². The molecule has 0 spiro atoms. The van der Waals surface area contributed by atoms with Gasteiger partial charge in [-0.25, -0.2) is 4.79 Å². The van der Waals surface area contributed by atoms with Crippen molar-refractivity contribution in [3.05, 3.63) is 0 Å². The van der Waals surface area contributed by atoms with E-state index in [9.17, 15) is 38.7 Å². The molecule has 0 aliphatic rings. The summed E-state index contributed by atoms with van der Waals surface area (Å²) in [6.07, 6.45) is -1.56. The Kier molecular flexibility index (Phi) is 15.0. The fraction of sp³-hybridized carbons (Fsp3) is 0.600. The number of carboxylic acids is 1. The maximum absolute atomic E-state index is 13.0. The number of nitrogens with one attached hydrogen (secondary N) is 3. The lowest BCUT2D eigenvalue weighted by Gasteiger charge is -2.24. The summed E-state index contributed by atoms with van der Waals surface area (Å²) in [5.41, 5.74) is 31.5. The maximum Gasteiger partial charge on any atom is 0.326 e. The number of aliphatic imine (C=N–C) groups is 1. The highest BCUT2D eigenvalue weighted by Crippen LogP contribution is 2.05. The van der Waals surface area contributed by atoms with Gasteiger partial charge in [0.15, 0.2) is 5.96 Å². The highest BCUT2D eigenvalue weighted by atomic mass is 16.4. The van der Waals surface area contributed by atoms with Crippen LogP contribution in [0.25, 0.3) is 0 Å². The van der Waals surface area contributed by atoms with Crippen LogP contribution in [0.3, 0.4) is 0 Å². The number of amides is 6. The Labute approximate surface area is 217 Å². The number of nitrogens with zero attached hydrogens (tertiary/aromatic N) is 1. The van der Waals surface area contributed by atoms with Crippen LogP contribution in [0.1, 0.15) is 44.9 Å². The molecule has 18 nitrogen and oxygen atoms in total. The first-order valence-corrected chi connectivity index (χ1v) is 11.4. The highest BCUT2D eigenvalue weighted by molar-refractivity contribution is 5.96. The third kappa shape index (κ3) is 14.8. The third-order valence-corrected chi connectivity index (χ3v) is 4.95. The molecule has 16 N–H and O–H groups in total. The molecule has 0 saturated heterocycles. The summed E-state index contributed by atoms with van der Waals surface area (Å²) in [4.78, 5) is 86.8. The summed E-state index contributed by atoms with van der Waals surface area (Å²) in [5.74, 6) is -7.01. The molecule has 38 heavy (non-hydrogen) atoms. The van der Waals surface area contributed by atoms with Crippen LogP contribution in [-0.4, -0.2) is 83.2 Å². The maximum atomic E-state index is 13.0. The van der Waals surface area contributed by atoms with E-state index in [0.29, 0.717) is 0 Å². The first kappa shape index (κ1) is 33.5. The predicted molar refractivity (Wildman–Crippen MR) is 132 cm³/mol. The van der Waals surface area contributed by atoms with E-state index in [4.69, 9.17) is 34.4 Å². The second-order valence-electron chi connectivity index (χ2n) is 8.26. The minimum absolute atomic E-state index is 0.0435. The summed E-state index contributed by atoms with van der Waals surface area (Å²) in [6.45, 7) is 0.0844. The molecule has 0 aromatic carbocycles. The van der Waals surface area contributed by atoms with Gasteiger partial charge in [-0.3, -0.25) is 33.8 Å². The van der Waals surface area contributed by atoms with E-state index in [1.54, 1.807) is 0 Å². The van der Waals surface area contributed by atoms with Crippen LogP contribution in [0, 0.1) is 0 Å². The standard InChI is InChI=1S/C20H36N10O8/c21-9(3-5-13(22)31)16(34)28-10(2-1-7-27-20(25)26)17(35)30-12(8-15(24)33)18(36)29-11(19(37)38)4-6-14(23)32/h9-12H,1-8,21H2,(H2,22,31)(H2,23,32)(H2,24,33)(H,28,34)(H,29,36)(H,30,35)(H,37,38)(H4,25,26,27). The lowest BCUT2D eigenvalue weighted by molar-refractivity contribution is -0.142. The second-order valence-corrected chi connectivity index (χ2v) is 8.26. The van der Waals surface area contributed by atoms with Crippen molar-refractivity contribution in [3.8, 4) is 0 Å². The molecular weight excluding hydrogens is 508 g/mol. The Bertz CT molecular complexity index is 921. The third-order valence-electron chi connectivity index (χ3n) is 4.95. The van der Waals surface area contributed by atoms with E-state index < -0.39 is 72.0 Å². The molecular formula is C20H36N10O8. The molecule has 0 fully saturated rings. The van der Waals surface area contributed by atoms with Crippen molar-refractivity contribution in [2.24, 2.45) is 39.4 Å². The van der Waals surface area contributed by atoms with Gasteiger partial charge in [-0.2, -0.15) is 0 Å². The monoisotopic (exact) mass is 544 g/mol. The molecule has 4 atom stereocenters. The number of nitrogens with two attached hydrogens (primary N) is 6. The number of carboxylic acid groups (broad SMARTS) is 1. The van der Waals surface area contributed by atoms with E-state index in [1.807, 2.05) is 0 Å². The molecule has 0 saturated carbocycles. The minimum atomic E-state index is -1.63. The summed E-state index contributed by atoms with van der Waals surface area (Å²) in [5, 5.41) is 16.0. The molecule has 0 aliphatic carbocycles. The van der Waals surface area contributed by atoms with Gasteiger partial charge in [0.05, 0.1) is 12.5 Å². The zero-order chi connectivity index (χ0) is 29.4. The summed E-state index contributed by atoms with van der Waals surface area (Å²) in [6, 6.07) is -5.68. The first-order chi connectivity index (χ1) is 17.6. The fourth-order valence-corrected chi connectivity index (χ4v) is 2.98. The number of aliphatic carboxylic acids is 1. The Hall–Kier alpha value is -4.48. The van der Waals surface area contributed by atoms with Gasteiger partial charge < -0.3 is 55.5 Å². The molecule has 6 amide bonds. The molecule has 214 valence electrons. The normalized spacial score (nSPS) is 13.6. The summed E-state index contributed by atoms with van der Waals surface area (Å²) in [7, 11) is 0. The van der Waals surface area contributed by atoms with Crippen molar-refractivity contribution in [1.82, 2.24) is 16.0 Å². The van der Waals surface area contributed by atoms with E-state index in [-0.39, 0.29) is 51.0 Å². The number of carbonyl (C=O) groups excluding carboxylic acids is 6. The molecule has 0 bridgehead atoms. The average Bonchev–Trinajstić information content (AvgIpc) is 2.80. The van der Waals surface area contributed by atoms with Crippen molar-refractivity contribution in [2.75, 3.05) is 6.54 Å². The lowest BCUT2D eigenvalue weighted by atomic mass is 10.1. The first-order valence-electron chi connectivity index (χ1n) is 11.4. The zero-order valence-corrected chi connectivity index (χ0v) is 20.7. The highest BCUT2D eigenvalue weighted by Gasteiger charge is 2.31. The van der Waals surface area contributed by atoms with Crippen molar-refractivity contribution < 1.29 is 38.7 Å². The van der Waals surface area contributed by atoms with E-state index in [0.717, 1.165) is 0 Å². The van der Waals surface area contributed by atoms with Gasteiger partial charge in [-0.15, -0.1) is 0 Å². The summed E-state index contributed by atoms with van der Waals surface area (Å²) < 4.78 is 0. The van der Waals surface area contributed by atoms with E-state index >= 15 is 0 Å². The molecule has 18 heteroatoms. The van der Waals surface area contributed by atoms with Crippen LogP contribution in [0.15, 0.2) is 4.99 Å². The number of carbonyl (C=O) groups is 7. The molecule has 0 rings (SSSR count). The van der Waals surface area contributed by atoms with Crippen LogP contribution in [0.2, 0.25) is 0 Å². The van der Waals surface area contributed by atoms with Crippen LogP contribution in [0.4, 0.5) is 0 Å². The quantitative estimate of drug-likeness (QED) is 0.0414. The van der Waals surface area contributed by atoms with Crippen molar-refractivity contribution >= 4 is 47.4 Å². The SMILES string of the molecule is NC(=O)CCC(N)C(=O)NC(CCCN=C(N)N)C(=O)NC(CC(N)=O)C(=O)NC(CCC(N)=O)C(=O)O. The Morgan fingerprint density at radius 2 is 1.16 bits per heavy atom. The van der Waals surface area contributed by atoms with Gasteiger partial charge in [0.25, 0.3) is 0 Å². The van der Waals surface area contributed by atoms with Gasteiger partial charge in [-0.05, 0) is 25.7 Å². The second kappa shape index (κ2) is 17.1. The Balaban J connectivity index is 5.65. The molecule has 0 aromatic heterocycles. The molecule has 0 aliphatic heterocycles. The van der Waals surface area contributed by atoms with Crippen molar-refractivity contribution in [2.45, 2.75) is 69.1 Å². The van der Waals surface area contributed by atoms with Gasteiger partial charge in [0, 0.05) is 19.4 Å². The zero-order valence-electron chi connectivity index (χ0n) is 20.7. The van der Waals surface area contributed by atoms with Crippen molar-refractivity contribution in [1.29, 1.82) is 0 Å². The molecule has 4 unspecified atom stereocenters. The predicted octanol–water partition coefficient (Wildman–Crippen LogP) is -5.69. The van der Waals surface area contributed by atoms with Gasteiger partial charge in [0.1, 0.15) is 18.1 Å². The fourth-order valence-electron chi connectivity index (χ4n) is 2.98. The van der Waals surface area contributed by atoms with Crippen LogP contribution in [-0.2, 0) is 33.6 Å². The number of guanidine groups is 1. The summed E-state index contributed by atoms with van der Waals surface area (Å²) >= 11 is 0. The van der Waals surface area contributed by atoms with E-state index in [1.165, 1.54) is 0 Å². The number of hydrogen-bond donors (Lipinski definition) is 10. The lowest BCUT2D eigenvalue weighted by Crippen LogP contribution is -2.57. The Morgan fingerprint density at radius 1 is 0.658 bits per heavy atom. The number of rotatable bonds is 19. The molecule has 0 aromatic rings. The van der Waals surface area contributed by atoms with Crippen LogP contribution >= 0.6 is 0 Å².